The molecule has 12 N–H and O–H groups in total. The average Bonchev–Trinajstić information content (AvgIpc) is 2.89. The summed E-state index contributed by atoms with van der Waals surface area (Å²) in [4.78, 5) is 87.5. The molecule has 0 aromatic carbocycles. The molecule has 0 bridgehead atoms. The minimum atomic E-state index is -1.22. The van der Waals surface area contributed by atoms with Crippen molar-refractivity contribution in [3.05, 3.63) is 0 Å². The topological polar surface area (TPSA) is 318 Å². The van der Waals surface area contributed by atoms with Gasteiger partial charge in [0.15, 0.2) is 0 Å². The molecule has 41 heavy (non-hydrogen) atoms. The molecule has 18 nitrogen and oxygen atoms in total. The van der Waals surface area contributed by atoms with E-state index < -0.39 is 84.8 Å². The monoisotopic (exact) mass is 816 g/mol. The van der Waals surface area contributed by atoms with Crippen molar-refractivity contribution in [2.45, 2.75) is 49.9 Å². The van der Waals surface area contributed by atoms with Crippen LogP contribution < -0.4 is 32.7 Å². The molecule has 0 spiro atoms. The number of nitrogens with one attached hydrogen (secondary N) is 4. The fourth-order valence-corrected chi connectivity index (χ4v) is 2.83. The molecule has 0 aliphatic carbocycles. The van der Waals surface area contributed by atoms with E-state index in [2.05, 4.69) is 46.5 Å². The minimum Gasteiger partial charge on any atom is -0.480 e. The van der Waals surface area contributed by atoms with Gasteiger partial charge in [-0.2, -0.15) is 25.3 Å². The number of carboxylic acid groups (broad SMARTS) is 4. The quantitative estimate of drug-likeness (QED) is 0.0460. The molecule has 0 heterocycles. The second-order valence-corrected chi connectivity index (χ2v) is 8.53. The summed E-state index contributed by atoms with van der Waals surface area (Å²) in [5.41, 5.74) is 10.5. The predicted molar refractivity (Wildman–Crippen MR) is 143 cm³/mol. The number of carbonyl (C=O) groups excluding carboxylic acids is 4. The average molecular weight is 815 g/mol. The third kappa shape index (κ3) is 22.7. The van der Waals surface area contributed by atoms with Gasteiger partial charge in [0.1, 0.15) is 37.3 Å². The van der Waals surface area contributed by atoms with Crippen LogP contribution in [0.15, 0.2) is 0 Å². The summed E-state index contributed by atoms with van der Waals surface area (Å²) in [6.07, 6.45) is -0.470. The number of carboxylic acids is 4. The van der Waals surface area contributed by atoms with Gasteiger partial charge in [-0.25, -0.2) is 0 Å². The van der Waals surface area contributed by atoms with E-state index in [4.69, 9.17) is 31.9 Å². The first-order valence-corrected chi connectivity index (χ1v) is 12.6. The first-order chi connectivity index (χ1) is 18.5. The molecule has 0 saturated heterocycles. The minimum absolute atomic E-state index is 0. The maximum atomic E-state index is 11.5. The molecule has 0 radical (unpaired) electrons. The second kappa shape index (κ2) is 24.0. The van der Waals surface area contributed by atoms with Crippen LogP contribution >= 0.6 is 25.3 Å². The Morgan fingerprint density at radius 2 is 0.902 bits per heavy atom. The molecule has 230 valence electrons. The summed E-state index contributed by atoms with van der Waals surface area (Å²) in [5.74, 6) is -7.41. The van der Waals surface area contributed by atoms with Gasteiger partial charge in [0, 0.05) is 52.0 Å². The number of hydrogen-bond acceptors (Lipinski definition) is 12. The summed E-state index contributed by atoms with van der Waals surface area (Å²) < 4.78 is 0. The Morgan fingerprint density at radius 1 is 0.610 bits per heavy atom. The Hall–Kier alpha value is -2.68. The van der Waals surface area contributed by atoms with Crippen LogP contribution in [0.1, 0.15) is 25.7 Å². The van der Waals surface area contributed by atoms with Gasteiger partial charge in [-0.05, 0) is 12.8 Å². The zero-order valence-electron chi connectivity index (χ0n) is 21.8. The van der Waals surface area contributed by atoms with Gasteiger partial charge >= 0.3 is 23.9 Å². The first kappa shape index (κ1) is 42.8. The van der Waals surface area contributed by atoms with E-state index in [1.807, 2.05) is 0 Å². The normalized spacial score (nSPS) is 12.8. The van der Waals surface area contributed by atoms with Crippen molar-refractivity contribution < 1.29 is 86.5 Å². The van der Waals surface area contributed by atoms with Gasteiger partial charge in [0.25, 0.3) is 0 Å². The second-order valence-electron chi connectivity index (χ2n) is 7.80. The summed E-state index contributed by atoms with van der Waals surface area (Å²) in [7, 11) is 0. The van der Waals surface area contributed by atoms with Crippen molar-refractivity contribution in [2.24, 2.45) is 11.5 Å². The molecule has 4 unspecified atom stereocenters. The predicted octanol–water partition coefficient (Wildman–Crippen LogP) is -4.41. The van der Waals surface area contributed by atoms with Crippen molar-refractivity contribution in [1.82, 2.24) is 21.3 Å². The molecule has 0 aliphatic rings. The van der Waals surface area contributed by atoms with Crippen molar-refractivity contribution in [3.8, 4) is 0 Å². The van der Waals surface area contributed by atoms with E-state index in [-0.39, 0.29) is 64.9 Å². The van der Waals surface area contributed by atoms with Gasteiger partial charge in [-0.3, -0.25) is 38.4 Å². The third-order valence-corrected chi connectivity index (χ3v) is 5.23. The summed E-state index contributed by atoms with van der Waals surface area (Å²) in [5, 5.41) is 42.7. The fourth-order valence-electron chi connectivity index (χ4n) is 2.31. The molecule has 0 saturated carbocycles. The number of aliphatic carboxylic acids is 4. The van der Waals surface area contributed by atoms with Gasteiger partial charge in [0.2, 0.25) is 23.6 Å². The van der Waals surface area contributed by atoms with Gasteiger partial charge in [-0.1, -0.05) is 0 Å². The molecule has 0 fully saturated rings. The summed E-state index contributed by atoms with van der Waals surface area (Å²) in [6, 6.07) is -4.30. The van der Waals surface area contributed by atoms with E-state index in [9.17, 15) is 38.4 Å². The first-order valence-electron chi connectivity index (χ1n) is 11.3. The SMILES string of the molecule is NC(CCC(=O)NC(CS)C(=O)NCC(=O)O)C(=O)O.NC(CCC(=O)NC(CS)C(=O)NCC(=O)O)C(=O)O.[Hg]. The molecule has 0 aromatic rings. The van der Waals surface area contributed by atoms with Crippen LogP contribution in [0.4, 0.5) is 0 Å². The summed E-state index contributed by atoms with van der Waals surface area (Å²) in [6.45, 7) is -1.13. The number of carbonyl (C=O) groups is 8. The molecule has 4 amide bonds. The fraction of sp³-hybridized carbons (Fsp3) is 0.600. The van der Waals surface area contributed by atoms with Gasteiger partial charge in [0.05, 0.1) is 0 Å². The van der Waals surface area contributed by atoms with Crippen LogP contribution in [0.3, 0.4) is 0 Å². The number of hydrogen-bond donors (Lipinski definition) is 12. The Kier molecular flexibility index (Phi) is 25.0. The third-order valence-electron chi connectivity index (χ3n) is 4.50. The van der Waals surface area contributed by atoms with Gasteiger partial charge in [-0.15, -0.1) is 0 Å². The molecule has 4 atom stereocenters. The Labute approximate surface area is 265 Å². The molecular formula is C20H34HgN6O12S2. The van der Waals surface area contributed by atoms with Crippen molar-refractivity contribution >= 4 is 72.8 Å². The van der Waals surface area contributed by atoms with Crippen LogP contribution in [0.5, 0.6) is 0 Å². The van der Waals surface area contributed by atoms with E-state index >= 15 is 0 Å². The van der Waals surface area contributed by atoms with E-state index in [0.29, 0.717) is 0 Å². The molecule has 0 aromatic heterocycles. The molecule has 0 aliphatic heterocycles. The Balaban J connectivity index is -0.000000688. The number of nitrogens with two attached hydrogens (primary N) is 2. The maximum Gasteiger partial charge on any atom is 0.322 e. The molecular weight excluding hydrogens is 781 g/mol. The zero-order chi connectivity index (χ0) is 31.4. The van der Waals surface area contributed by atoms with Crippen LogP contribution in [0, 0.1) is 0 Å². The van der Waals surface area contributed by atoms with Crippen LogP contribution in [-0.4, -0.2) is 117 Å². The molecule has 21 heteroatoms. The summed E-state index contributed by atoms with van der Waals surface area (Å²) >= 11 is 7.75. The standard InChI is InChI=1S/2C10H17N3O6S.Hg/c2*11-5(10(18)19)1-2-7(14)13-6(4-20)9(17)12-3-8(15)16;/h2*5-6,20H,1-4,11H2,(H,12,17)(H,13,14)(H,15,16)(H,18,19);. The van der Waals surface area contributed by atoms with Gasteiger partial charge < -0.3 is 53.2 Å². The van der Waals surface area contributed by atoms with Crippen LogP contribution in [-0.2, 0) is 66.0 Å². The zero-order valence-corrected chi connectivity index (χ0v) is 29.1. The van der Waals surface area contributed by atoms with E-state index in [0.717, 1.165) is 0 Å². The van der Waals surface area contributed by atoms with Crippen molar-refractivity contribution in [1.29, 1.82) is 0 Å². The molecule has 0 rings (SSSR count). The number of thiol groups is 2. The number of amides is 4. The number of rotatable bonds is 18. The maximum absolute atomic E-state index is 11.5. The largest absolute Gasteiger partial charge is 0.480 e. The Morgan fingerprint density at radius 3 is 1.12 bits per heavy atom. The van der Waals surface area contributed by atoms with Crippen LogP contribution in [0.25, 0.3) is 0 Å². The smallest absolute Gasteiger partial charge is 0.322 e. The van der Waals surface area contributed by atoms with E-state index in [1.54, 1.807) is 0 Å². The Bertz CT molecular complexity index is 857. The van der Waals surface area contributed by atoms with Crippen molar-refractivity contribution in [3.63, 3.8) is 0 Å². The van der Waals surface area contributed by atoms with Crippen molar-refractivity contribution in [2.75, 3.05) is 24.6 Å². The van der Waals surface area contributed by atoms with E-state index in [1.165, 1.54) is 0 Å². The van der Waals surface area contributed by atoms with Crippen LogP contribution in [0.2, 0.25) is 0 Å².